The molecule has 286 valence electrons. The van der Waals surface area contributed by atoms with Gasteiger partial charge < -0.3 is 10.8 Å². The van der Waals surface area contributed by atoms with E-state index in [4.69, 9.17) is 16.2 Å². The molecule has 4 aromatic carbocycles. The number of phenols is 1. The highest BCUT2D eigenvalue weighted by molar-refractivity contribution is 8.03. The minimum Gasteiger partial charge on any atom is -0.505 e. The van der Waals surface area contributed by atoms with Crippen molar-refractivity contribution in [3.05, 3.63) is 60.7 Å². The molecular weight excluding hydrogens is 839 g/mol. The van der Waals surface area contributed by atoms with E-state index >= 15 is 0 Å². The van der Waals surface area contributed by atoms with Crippen LogP contribution < -0.4 is 5.73 Å². The molecule has 0 saturated carbocycles. The van der Waals surface area contributed by atoms with Crippen LogP contribution in [0.3, 0.4) is 0 Å². The summed E-state index contributed by atoms with van der Waals surface area (Å²) in [5.74, 6) is -1.08. The number of benzene rings is 4. The quantitative estimate of drug-likeness (QED) is 0.0309. The van der Waals surface area contributed by atoms with Crippen molar-refractivity contribution in [3.63, 3.8) is 0 Å². The fourth-order valence-electron chi connectivity index (χ4n) is 4.16. The average Bonchev–Trinajstić information content (AvgIpc) is 3.06. The van der Waals surface area contributed by atoms with Crippen LogP contribution in [0.5, 0.6) is 5.75 Å². The van der Waals surface area contributed by atoms with Crippen molar-refractivity contribution in [2.45, 2.75) is 19.6 Å². The van der Waals surface area contributed by atoms with Gasteiger partial charge in [-0.15, -0.1) is 18.9 Å². The van der Waals surface area contributed by atoms with E-state index in [0.717, 1.165) is 24.3 Å². The van der Waals surface area contributed by atoms with E-state index < -0.39 is 121 Å². The number of hydrogen-bond acceptors (Lipinski definition) is 21. The molecule has 4 aromatic rings. The zero-order valence-corrected chi connectivity index (χ0v) is 30.4. The highest BCUT2D eigenvalue weighted by Crippen LogP contribution is 2.48. The summed E-state index contributed by atoms with van der Waals surface area (Å²) in [6, 6.07) is 10.4. The summed E-state index contributed by atoms with van der Waals surface area (Å²) in [5, 5.41) is 46.3. The van der Waals surface area contributed by atoms with Crippen molar-refractivity contribution in [1.82, 2.24) is 0 Å². The zero-order valence-electron chi connectivity index (χ0n) is 25.5. The molecule has 0 saturated heterocycles. The lowest BCUT2D eigenvalue weighted by atomic mass is 10.1. The molecule has 0 amide bonds. The Kier molecular flexibility index (Phi) is 13.3. The number of anilines is 1. The lowest BCUT2D eigenvalue weighted by Gasteiger charge is -2.14. The van der Waals surface area contributed by atoms with Crippen LogP contribution in [0.25, 0.3) is 10.8 Å². The first-order valence-electron chi connectivity index (χ1n) is 13.2. The maximum Gasteiger partial charge on any atom is 0.296 e. The number of sulfone groups is 1. The molecule has 0 fully saturated rings. The second-order valence-corrected chi connectivity index (χ2v) is 18.7. The highest BCUT2D eigenvalue weighted by Gasteiger charge is 2.28. The van der Waals surface area contributed by atoms with E-state index in [0.29, 0.717) is 12.1 Å². The van der Waals surface area contributed by atoms with Gasteiger partial charge >= 0.3 is 0 Å². The van der Waals surface area contributed by atoms with Gasteiger partial charge in [-0.05, 0) is 66.0 Å². The fraction of sp³-hybridized carbons (Fsp3) is 0.0833. The number of nitrogen functional groups attached to an aromatic ring is 1. The van der Waals surface area contributed by atoms with Gasteiger partial charge in [0.15, 0.2) is 20.7 Å². The van der Waals surface area contributed by atoms with Gasteiger partial charge in [-0.3, -0.25) is 13.3 Å². The van der Waals surface area contributed by atoms with Crippen LogP contribution in [-0.4, -0.2) is 72.8 Å². The van der Waals surface area contributed by atoms with Crippen molar-refractivity contribution in [2.24, 2.45) is 20.5 Å². The van der Waals surface area contributed by atoms with Crippen molar-refractivity contribution < 1.29 is 81.4 Å². The summed E-state index contributed by atoms with van der Waals surface area (Å²) < 4.78 is 137. The zero-order chi connectivity index (χ0) is 39.3. The first-order chi connectivity index (χ1) is 24.8. The number of aromatic hydroxyl groups is 1. The number of phenolic OH excluding ortho intramolecular Hbond substituents is 1. The number of nitrogens with zero attached hydrogens (tertiary/aromatic N) is 4. The van der Waals surface area contributed by atoms with Gasteiger partial charge in [0, 0.05) is 4.90 Å². The van der Waals surface area contributed by atoms with E-state index in [9.17, 15) is 52.1 Å². The Morgan fingerprint density at radius 2 is 1.15 bits per heavy atom. The van der Waals surface area contributed by atoms with Crippen molar-refractivity contribution >= 4 is 102 Å². The van der Waals surface area contributed by atoms with Crippen molar-refractivity contribution in [2.75, 3.05) is 15.9 Å². The summed E-state index contributed by atoms with van der Waals surface area (Å²) >= 11 is -4.86. The molecule has 0 heterocycles. The second-order valence-electron chi connectivity index (χ2n) is 9.73. The summed E-state index contributed by atoms with van der Waals surface area (Å²) in [6.45, 7) is 0. The Morgan fingerprint density at radius 1 is 0.679 bits per heavy atom. The molecule has 3 atom stereocenters. The van der Waals surface area contributed by atoms with Crippen LogP contribution in [0.1, 0.15) is 0 Å². The smallest absolute Gasteiger partial charge is 0.296 e. The maximum absolute atomic E-state index is 12.4. The molecule has 4 rings (SSSR count). The Morgan fingerprint density at radius 3 is 1.66 bits per heavy atom. The van der Waals surface area contributed by atoms with Gasteiger partial charge in [0.1, 0.15) is 26.3 Å². The van der Waals surface area contributed by atoms with Crippen LogP contribution in [0.4, 0.5) is 28.4 Å². The van der Waals surface area contributed by atoms with Gasteiger partial charge in [-0.2, -0.15) is 27.1 Å². The van der Waals surface area contributed by atoms with E-state index in [1.54, 1.807) is 0 Å². The van der Waals surface area contributed by atoms with E-state index in [-0.39, 0.29) is 16.3 Å². The standard InChI is InChI=1S/C24H21N5O18S6/c25-21-20-13(9-18(52(38,39)40)22(21)28-26-14-1-5-16(6-2-14)48(33)11-49(34)46-44-31)10-19(53(41,42)43)23(24(20)30)29-27-15-3-7-17(8-4-15)51(36,37)12-50(35)47-45-32/h1-10,30-32H,11-12,25H2,(H,38,39,40)(H,41,42,43). The third-order valence-corrected chi connectivity index (χ3v) is 13.9. The van der Waals surface area contributed by atoms with Crippen LogP contribution in [0.15, 0.2) is 101 Å². The molecule has 0 bridgehead atoms. The molecular formula is C24H21N5O18S6. The van der Waals surface area contributed by atoms with Gasteiger partial charge in [0.05, 0.1) is 38.1 Å². The van der Waals surface area contributed by atoms with Crippen LogP contribution in [0.2, 0.25) is 0 Å². The van der Waals surface area contributed by atoms with Crippen molar-refractivity contribution in [1.29, 1.82) is 0 Å². The number of fused-ring (bicyclic) bond motifs is 1. The number of azo groups is 2. The highest BCUT2D eigenvalue weighted by atomic mass is 32.3. The fourth-order valence-corrected chi connectivity index (χ4v) is 9.73. The molecule has 7 N–H and O–H groups in total. The van der Waals surface area contributed by atoms with Crippen molar-refractivity contribution in [3.8, 4) is 5.75 Å². The molecule has 3 unspecified atom stereocenters. The molecule has 0 radical (unpaired) electrons. The lowest BCUT2D eigenvalue weighted by Crippen LogP contribution is -2.13. The molecule has 0 spiro atoms. The predicted molar refractivity (Wildman–Crippen MR) is 180 cm³/mol. The molecule has 0 aliphatic rings. The van der Waals surface area contributed by atoms with Crippen LogP contribution in [-0.2, 0) is 81.8 Å². The maximum atomic E-state index is 12.4. The summed E-state index contributed by atoms with van der Waals surface area (Å²) in [6.07, 6.45) is 0. The SMILES string of the molecule is Nc1c(N=Nc2ccc(S(=O)CS(=O)OOO)cc2)c(S(=O)(=O)O)cc2cc(S(=O)(=O)O)c(N=Nc3ccc(S(=O)(=O)CS(=O)OOO)cc3)c(O)c12. The Bertz CT molecular complexity index is 2510. The Balaban J connectivity index is 1.79. The van der Waals surface area contributed by atoms with Crippen LogP contribution in [0, 0.1) is 0 Å². The Labute approximate surface area is 304 Å². The largest absolute Gasteiger partial charge is 0.505 e. The van der Waals surface area contributed by atoms with Gasteiger partial charge in [0.2, 0.25) is 22.2 Å². The molecule has 23 nitrogen and oxygen atoms in total. The Hall–Kier alpha value is -4.08. The van der Waals surface area contributed by atoms with E-state index in [1.807, 2.05) is 0 Å². The van der Waals surface area contributed by atoms with Gasteiger partial charge in [-0.1, -0.05) is 10.1 Å². The molecule has 0 aliphatic carbocycles. The minimum atomic E-state index is -5.25. The minimum absolute atomic E-state index is 0.0115. The third kappa shape index (κ3) is 10.3. The summed E-state index contributed by atoms with van der Waals surface area (Å²) in [4.78, 5) is -2.40. The molecule has 53 heavy (non-hydrogen) atoms. The predicted octanol–water partition coefficient (Wildman–Crippen LogP) is 3.42. The lowest BCUT2D eigenvalue weighted by molar-refractivity contribution is -0.434. The summed E-state index contributed by atoms with van der Waals surface area (Å²) in [7, 11) is -16.6. The second kappa shape index (κ2) is 16.9. The normalized spacial score (nSPS) is 14.6. The number of rotatable bonds is 16. The van der Waals surface area contributed by atoms with Gasteiger partial charge in [-0.25, -0.2) is 27.4 Å². The monoisotopic (exact) mass is 859 g/mol. The van der Waals surface area contributed by atoms with Crippen LogP contribution >= 0.6 is 0 Å². The first-order valence-corrected chi connectivity index (χ1v) is 21.6. The summed E-state index contributed by atoms with van der Waals surface area (Å²) in [5.41, 5.74) is 3.63. The molecule has 0 aliphatic heterocycles. The number of hydrogen-bond donors (Lipinski definition) is 6. The third-order valence-electron chi connectivity index (χ3n) is 6.36. The number of nitrogens with two attached hydrogens (primary N) is 1. The average molecular weight is 860 g/mol. The first kappa shape index (κ1) is 41.7. The topological polar surface area (TPSA) is 367 Å². The molecule has 29 heteroatoms. The molecule has 0 aromatic heterocycles. The van der Waals surface area contributed by atoms with E-state index in [2.05, 4.69) is 39.2 Å². The van der Waals surface area contributed by atoms with Gasteiger partial charge in [0.25, 0.3) is 20.2 Å². The van der Waals surface area contributed by atoms with E-state index in [1.165, 1.54) is 24.3 Å².